The molecule has 0 spiro atoms. The van der Waals surface area contributed by atoms with Gasteiger partial charge in [0.25, 0.3) is 11.8 Å². The molecule has 0 saturated carbocycles. The van der Waals surface area contributed by atoms with Crippen LogP contribution in [-0.2, 0) is 9.59 Å². The lowest BCUT2D eigenvalue weighted by Gasteiger charge is -2.13. The lowest BCUT2D eigenvalue weighted by atomic mass is 10.0. The van der Waals surface area contributed by atoms with E-state index in [4.69, 9.17) is 0 Å². The summed E-state index contributed by atoms with van der Waals surface area (Å²) in [6.45, 7) is 3.63. The summed E-state index contributed by atoms with van der Waals surface area (Å²) in [7, 11) is 0. The molecule has 3 N–H and O–H groups in total. The first-order valence-electron chi connectivity index (χ1n) is 13.8. The van der Waals surface area contributed by atoms with Crippen molar-refractivity contribution in [3.8, 4) is 11.1 Å². The Morgan fingerprint density at radius 3 is 2.05 bits per heavy atom. The predicted octanol–water partition coefficient (Wildman–Crippen LogP) is 7.04. The minimum atomic E-state index is -0.470. The molecule has 1 atom stereocenters. The number of nitrogens with one attached hydrogen (secondary N) is 3. The zero-order valence-electron chi connectivity index (χ0n) is 24.0. The standard InChI is InChI=1S/C34H29N5O3S2/c1-22(31(40)37-34-39-38-23(2)44-34)43-29-19-17-28(18-20-29)35-33(42)30(36-32(41)27-11-7-4-8-12-27)21-24-13-15-26(16-14-24)25-9-5-3-6-10-25/h3-22H,1-2H3,(H,35,42)(H,36,41)(H,37,39,40)/b30-21-. The van der Waals surface area contributed by atoms with Gasteiger partial charge < -0.3 is 10.6 Å². The second-order valence-corrected chi connectivity index (χ2v) is 12.3. The van der Waals surface area contributed by atoms with Crippen LogP contribution in [0.3, 0.4) is 0 Å². The van der Waals surface area contributed by atoms with Crippen LogP contribution in [0.15, 0.2) is 120 Å². The number of carbonyl (C=O) groups excluding carboxylic acids is 3. The van der Waals surface area contributed by atoms with E-state index in [0.717, 1.165) is 26.6 Å². The first-order valence-corrected chi connectivity index (χ1v) is 15.5. The molecule has 0 fully saturated rings. The molecule has 10 heteroatoms. The van der Waals surface area contributed by atoms with E-state index in [2.05, 4.69) is 26.1 Å². The van der Waals surface area contributed by atoms with Crippen molar-refractivity contribution in [1.29, 1.82) is 0 Å². The zero-order valence-corrected chi connectivity index (χ0v) is 25.6. The molecule has 4 aromatic carbocycles. The number of rotatable bonds is 10. The van der Waals surface area contributed by atoms with Gasteiger partial charge in [-0.25, -0.2) is 0 Å². The van der Waals surface area contributed by atoms with Crippen LogP contribution in [0.5, 0.6) is 0 Å². The van der Waals surface area contributed by atoms with Gasteiger partial charge in [-0.2, -0.15) is 0 Å². The van der Waals surface area contributed by atoms with Crippen molar-refractivity contribution in [2.45, 2.75) is 24.0 Å². The maximum Gasteiger partial charge on any atom is 0.272 e. The maximum absolute atomic E-state index is 13.4. The number of hydrogen-bond donors (Lipinski definition) is 3. The largest absolute Gasteiger partial charge is 0.321 e. The molecule has 8 nitrogen and oxygen atoms in total. The fourth-order valence-corrected chi connectivity index (χ4v) is 5.60. The molecule has 5 aromatic rings. The van der Waals surface area contributed by atoms with Crippen molar-refractivity contribution in [1.82, 2.24) is 15.5 Å². The van der Waals surface area contributed by atoms with Crippen LogP contribution in [0.1, 0.15) is 27.9 Å². The molecule has 1 aromatic heterocycles. The second-order valence-electron chi connectivity index (χ2n) is 9.72. The van der Waals surface area contributed by atoms with Crippen LogP contribution in [0.25, 0.3) is 17.2 Å². The number of nitrogens with zero attached hydrogens (tertiary/aromatic N) is 2. The van der Waals surface area contributed by atoms with Crippen molar-refractivity contribution in [3.05, 3.63) is 131 Å². The molecular weight excluding hydrogens is 591 g/mol. The predicted molar refractivity (Wildman–Crippen MR) is 177 cm³/mol. The molecule has 220 valence electrons. The highest BCUT2D eigenvalue weighted by atomic mass is 32.2. The molecule has 1 heterocycles. The van der Waals surface area contributed by atoms with E-state index in [9.17, 15) is 14.4 Å². The number of aryl methyl sites for hydroxylation is 1. The Balaban J connectivity index is 1.28. The van der Waals surface area contributed by atoms with Gasteiger partial charge in [-0.3, -0.25) is 19.7 Å². The number of carbonyl (C=O) groups is 3. The minimum absolute atomic E-state index is 0.0990. The minimum Gasteiger partial charge on any atom is -0.321 e. The van der Waals surface area contributed by atoms with Crippen molar-refractivity contribution >= 4 is 57.7 Å². The SMILES string of the molecule is Cc1nnc(NC(=O)C(C)Sc2ccc(NC(=O)/C(=C/c3ccc(-c4ccccc4)cc3)NC(=O)c3ccccc3)cc2)s1. The summed E-state index contributed by atoms with van der Waals surface area (Å²) in [4.78, 5) is 39.8. The Hall–Kier alpha value is -5.06. The Morgan fingerprint density at radius 2 is 1.41 bits per heavy atom. The van der Waals surface area contributed by atoms with Gasteiger partial charge in [0.15, 0.2) is 0 Å². The Kier molecular flexibility index (Phi) is 9.96. The van der Waals surface area contributed by atoms with Crippen LogP contribution in [-0.4, -0.2) is 33.2 Å². The van der Waals surface area contributed by atoms with Gasteiger partial charge in [0.1, 0.15) is 10.7 Å². The molecule has 0 aliphatic heterocycles. The van der Waals surface area contributed by atoms with Gasteiger partial charge in [-0.15, -0.1) is 22.0 Å². The van der Waals surface area contributed by atoms with E-state index in [1.165, 1.54) is 23.1 Å². The summed E-state index contributed by atoms with van der Waals surface area (Å²) >= 11 is 2.70. The molecular formula is C34H29N5O3S2. The average Bonchev–Trinajstić information content (AvgIpc) is 3.46. The molecule has 44 heavy (non-hydrogen) atoms. The van der Waals surface area contributed by atoms with E-state index in [1.54, 1.807) is 42.5 Å². The Labute approximate surface area is 263 Å². The normalized spacial score (nSPS) is 11.8. The molecule has 0 aliphatic carbocycles. The summed E-state index contributed by atoms with van der Waals surface area (Å²) in [5, 5.41) is 17.1. The lowest BCUT2D eigenvalue weighted by molar-refractivity contribution is -0.115. The van der Waals surface area contributed by atoms with Crippen LogP contribution >= 0.6 is 23.1 Å². The van der Waals surface area contributed by atoms with Gasteiger partial charge in [0.2, 0.25) is 11.0 Å². The number of benzene rings is 4. The highest BCUT2D eigenvalue weighted by molar-refractivity contribution is 8.00. The molecule has 1 unspecified atom stereocenters. The first-order chi connectivity index (χ1) is 21.3. The summed E-state index contributed by atoms with van der Waals surface area (Å²) < 4.78 is 0. The first kappa shape index (κ1) is 30.4. The zero-order chi connectivity index (χ0) is 30.9. The van der Waals surface area contributed by atoms with E-state index in [-0.39, 0.29) is 16.9 Å². The summed E-state index contributed by atoms with van der Waals surface area (Å²) in [6, 6.07) is 33.6. The number of amides is 3. The third-order valence-electron chi connectivity index (χ3n) is 6.41. The third-order valence-corrected chi connectivity index (χ3v) is 8.27. The van der Waals surface area contributed by atoms with Gasteiger partial charge in [0.05, 0.1) is 5.25 Å². The van der Waals surface area contributed by atoms with E-state index in [1.807, 2.05) is 86.6 Å². The lowest BCUT2D eigenvalue weighted by Crippen LogP contribution is -2.30. The fraction of sp³-hybridized carbons (Fsp3) is 0.0882. The highest BCUT2D eigenvalue weighted by Crippen LogP contribution is 2.26. The fourth-order valence-electron chi connectivity index (χ4n) is 4.14. The molecule has 0 bridgehead atoms. The summed E-state index contributed by atoms with van der Waals surface area (Å²) in [5.41, 5.74) is 3.96. The molecule has 0 aliphatic rings. The smallest absolute Gasteiger partial charge is 0.272 e. The van der Waals surface area contributed by atoms with E-state index >= 15 is 0 Å². The molecule has 3 amide bonds. The average molecular weight is 620 g/mol. The van der Waals surface area contributed by atoms with Crippen LogP contribution in [0.2, 0.25) is 0 Å². The Morgan fingerprint density at radius 1 is 0.773 bits per heavy atom. The third kappa shape index (κ3) is 8.27. The van der Waals surface area contributed by atoms with Crippen LogP contribution < -0.4 is 16.0 Å². The van der Waals surface area contributed by atoms with Gasteiger partial charge in [-0.05, 0) is 73.0 Å². The van der Waals surface area contributed by atoms with Crippen LogP contribution in [0, 0.1) is 6.92 Å². The highest BCUT2D eigenvalue weighted by Gasteiger charge is 2.18. The van der Waals surface area contributed by atoms with Crippen molar-refractivity contribution in [2.24, 2.45) is 0 Å². The van der Waals surface area contributed by atoms with Gasteiger partial charge in [0, 0.05) is 16.1 Å². The van der Waals surface area contributed by atoms with Gasteiger partial charge in [-0.1, -0.05) is 84.1 Å². The van der Waals surface area contributed by atoms with E-state index < -0.39 is 11.8 Å². The maximum atomic E-state index is 13.4. The van der Waals surface area contributed by atoms with E-state index in [0.29, 0.717) is 16.4 Å². The molecule has 0 saturated heterocycles. The topological polar surface area (TPSA) is 113 Å². The van der Waals surface area contributed by atoms with Crippen LogP contribution in [0.4, 0.5) is 10.8 Å². The molecule has 0 radical (unpaired) electrons. The number of thioether (sulfide) groups is 1. The molecule has 5 rings (SSSR count). The van der Waals surface area contributed by atoms with Crippen molar-refractivity contribution in [3.63, 3.8) is 0 Å². The second kappa shape index (κ2) is 14.4. The van der Waals surface area contributed by atoms with Crippen molar-refractivity contribution in [2.75, 3.05) is 10.6 Å². The number of hydrogen-bond acceptors (Lipinski definition) is 7. The summed E-state index contributed by atoms with van der Waals surface area (Å²) in [5.74, 6) is -1.04. The monoisotopic (exact) mass is 619 g/mol. The number of anilines is 2. The number of aromatic nitrogens is 2. The summed E-state index contributed by atoms with van der Waals surface area (Å²) in [6.07, 6.45) is 1.65. The van der Waals surface area contributed by atoms with Crippen molar-refractivity contribution < 1.29 is 14.4 Å². The Bertz CT molecular complexity index is 1770. The quantitative estimate of drug-likeness (QED) is 0.114. The van der Waals surface area contributed by atoms with Gasteiger partial charge >= 0.3 is 0 Å².